The number of rotatable bonds is 3. The maximum absolute atomic E-state index is 13.8. The summed E-state index contributed by atoms with van der Waals surface area (Å²) >= 11 is 3.07. The van der Waals surface area contributed by atoms with Gasteiger partial charge in [-0.2, -0.15) is 0 Å². The van der Waals surface area contributed by atoms with Crippen molar-refractivity contribution in [1.29, 1.82) is 0 Å². The van der Waals surface area contributed by atoms with Gasteiger partial charge in [0.15, 0.2) is 5.17 Å². The molecule has 3 heterocycles. The van der Waals surface area contributed by atoms with Gasteiger partial charge in [-0.1, -0.05) is 72.4 Å². The third kappa shape index (κ3) is 3.67. The molecule has 166 valence electrons. The molecule has 0 saturated carbocycles. The number of amidine groups is 1. The number of aromatic nitrogens is 1. The van der Waals surface area contributed by atoms with Crippen LogP contribution in [0.1, 0.15) is 5.56 Å². The summed E-state index contributed by atoms with van der Waals surface area (Å²) < 4.78 is 0. The molecule has 34 heavy (non-hydrogen) atoms. The summed E-state index contributed by atoms with van der Waals surface area (Å²) in [5, 5.41) is 2.63. The Balaban J connectivity index is 1.45. The Morgan fingerprint density at radius 2 is 1.68 bits per heavy atom. The molecule has 0 aliphatic carbocycles. The van der Waals surface area contributed by atoms with Crippen molar-refractivity contribution in [2.24, 2.45) is 4.99 Å². The van der Waals surface area contributed by atoms with Crippen LogP contribution in [0.25, 0.3) is 10.9 Å². The van der Waals surface area contributed by atoms with Crippen LogP contribution in [-0.2, 0) is 11.3 Å². The van der Waals surface area contributed by atoms with Gasteiger partial charge in [-0.15, -0.1) is 0 Å². The van der Waals surface area contributed by atoms with Crippen LogP contribution in [0.15, 0.2) is 111 Å². The molecule has 0 bridgehead atoms. The number of carbonyl (C=O) groups is 1. The maximum Gasteiger partial charge on any atom is 0.269 e. The Labute approximate surface area is 206 Å². The highest BCUT2D eigenvalue weighted by atomic mass is 32.2. The number of thioether (sulfide) groups is 2. The van der Waals surface area contributed by atoms with Crippen LogP contribution in [0.5, 0.6) is 0 Å². The van der Waals surface area contributed by atoms with Crippen molar-refractivity contribution in [3.8, 4) is 0 Å². The minimum Gasteiger partial charge on any atom is -0.337 e. The Morgan fingerprint density at radius 1 is 0.882 bits per heavy atom. The topological polar surface area (TPSA) is 48.8 Å². The van der Waals surface area contributed by atoms with Gasteiger partial charge in [-0.05, 0) is 41.6 Å². The summed E-state index contributed by atoms with van der Waals surface area (Å²) in [4.78, 5) is 29.0. The number of hydrogen-bond donors (Lipinski definition) is 0. The molecule has 1 aromatic heterocycles. The van der Waals surface area contributed by atoms with Crippen molar-refractivity contribution in [1.82, 2.24) is 9.88 Å². The molecular weight excluding hydrogens is 460 g/mol. The smallest absolute Gasteiger partial charge is 0.269 e. The predicted octanol–water partition coefficient (Wildman–Crippen LogP) is 6.41. The first-order valence-electron chi connectivity index (χ1n) is 10.9. The fraction of sp³-hybridized carbons (Fsp3) is 0.0741. The normalized spacial score (nSPS) is 18.9. The summed E-state index contributed by atoms with van der Waals surface area (Å²) in [7, 11) is 2.01. The van der Waals surface area contributed by atoms with E-state index in [4.69, 9.17) is 4.99 Å². The van der Waals surface area contributed by atoms with E-state index in [0.717, 1.165) is 37.8 Å². The molecule has 1 fully saturated rings. The standard InChI is InChI=1S/C27H20N4OS2/c1-30-21-14-5-6-15-22(21)33-26(30)24-25(32)31(17-18-9-3-2-4-10-18)27(34-24)29-20-13-7-11-19-12-8-16-28-23(19)20/h2-16H,17H2,1H3/b26-24-,29-27+. The molecule has 2 aliphatic heterocycles. The zero-order chi connectivity index (χ0) is 23.1. The second-order valence-electron chi connectivity index (χ2n) is 7.99. The molecule has 7 heteroatoms. The van der Waals surface area contributed by atoms with Crippen LogP contribution < -0.4 is 4.90 Å². The van der Waals surface area contributed by atoms with E-state index in [1.807, 2.05) is 79.8 Å². The third-order valence-electron chi connectivity index (χ3n) is 5.81. The number of pyridine rings is 1. The third-order valence-corrected chi connectivity index (χ3v) is 8.24. The Kier molecular flexibility index (Phi) is 5.36. The number of nitrogens with zero attached hydrogens (tertiary/aromatic N) is 4. The number of carbonyl (C=O) groups excluding carboxylic acids is 1. The van der Waals surface area contributed by atoms with Gasteiger partial charge in [0, 0.05) is 23.5 Å². The zero-order valence-electron chi connectivity index (χ0n) is 18.4. The molecule has 4 aromatic rings. The quantitative estimate of drug-likeness (QED) is 0.317. The Bertz CT molecular complexity index is 1480. The number of anilines is 1. The van der Waals surface area contributed by atoms with Crippen LogP contribution >= 0.6 is 23.5 Å². The molecule has 0 N–H and O–H groups in total. The van der Waals surface area contributed by atoms with Crippen LogP contribution in [-0.4, -0.2) is 28.0 Å². The van der Waals surface area contributed by atoms with Gasteiger partial charge in [0.2, 0.25) is 0 Å². The molecule has 0 spiro atoms. The molecule has 0 atom stereocenters. The maximum atomic E-state index is 13.8. The van der Waals surface area contributed by atoms with E-state index in [-0.39, 0.29) is 5.91 Å². The fourth-order valence-electron chi connectivity index (χ4n) is 4.11. The largest absolute Gasteiger partial charge is 0.337 e. The van der Waals surface area contributed by atoms with E-state index < -0.39 is 0 Å². The molecule has 0 unspecified atom stereocenters. The number of amides is 1. The minimum atomic E-state index is -0.0250. The zero-order valence-corrected chi connectivity index (χ0v) is 20.0. The van der Waals surface area contributed by atoms with E-state index in [1.54, 1.807) is 22.9 Å². The van der Waals surface area contributed by atoms with Gasteiger partial charge in [0.25, 0.3) is 5.91 Å². The minimum absolute atomic E-state index is 0.0250. The fourth-order valence-corrected chi connectivity index (χ4v) is 6.44. The second kappa shape index (κ2) is 8.66. The van der Waals surface area contributed by atoms with E-state index in [2.05, 4.69) is 22.0 Å². The summed E-state index contributed by atoms with van der Waals surface area (Å²) in [6, 6.07) is 28.1. The molecule has 1 amide bonds. The average molecular weight is 481 g/mol. The lowest BCUT2D eigenvalue weighted by molar-refractivity contribution is -0.122. The first-order chi connectivity index (χ1) is 16.7. The van der Waals surface area contributed by atoms with Gasteiger partial charge < -0.3 is 4.90 Å². The van der Waals surface area contributed by atoms with E-state index in [0.29, 0.717) is 16.6 Å². The predicted molar refractivity (Wildman–Crippen MR) is 141 cm³/mol. The number of para-hydroxylation sites is 2. The first kappa shape index (κ1) is 21.0. The highest BCUT2D eigenvalue weighted by Gasteiger charge is 2.39. The SMILES string of the molecule is CN1/C(=C2/S/C(=N/c3cccc4cccnc34)N(Cc3ccccc3)C2=O)Sc2ccccc21. The first-order valence-corrected chi connectivity index (χ1v) is 12.5. The monoisotopic (exact) mass is 480 g/mol. The molecule has 5 nitrogen and oxygen atoms in total. The summed E-state index contributed by atoms with van der Waals surface area (Å²) in [6.07, 6.45) is 1.77. The molecular formula is C27H20N4OS2. The summed E-state index contributed by atoms with van der Waals surface area (Å²) in [5.41, 5.74) is 3.75. The lowest BCUT2D eigenvalue weighted by Gasteiger charge is -2.17. The highest BCUT2D eigenvalue weighted by molar-refractivity contribution is 8.19. The van der Waals surface area contributed by atoms with Crippen LogP contribution in [0, 0.1) is 0 Å². The van der Waals surface area contributed by atoms with Crippen molar-refractivity contribution in [3.05, 3.63) is 107 Å². The van der Waals surface area contributed by atoms with Gasteiger partial charge in [0.05, 0.1) is 28.5 Å². The van der Waals surface area contributed by atoms with Crippen molar-refractivity contribution in [2.75, 3.05) is 11.9 Å². The molecule has 6 rings (SSSR count). The van der Waals surface area contributed by atoms with E-state index in [9.17, 15) is 4.79 Å². The van der Waals surface area contributed by atoms with Gasteiger partial charge in [0.1, 0.15) is 4.91 Å². The van der Waals surface area contributed by atoms with Crippen molar-refractivity contribution in [2.45, 2.75) is 11.4 Å². The van der Waals surface area contributed by atoms with Gasteiger partial charge >= 0.3 is 0 Å². The number of aliphatic imine (C=N–C) groups is 1. The number of fused-ring (bicyclic) bond motifs is 2. The van der Waals surface area contributed by atoms with Crippen LogP contribution in [0.3, 0.4) is 0 Å². The van der Waals surface area contributed by atoms with Crippen molar-refractivity contribution < 1.29 is 4.79 Å². The number of hydrogen-bond acceptors (Lipinski definition) is 6. The second-order valence-corrected chi connectivity index (χ2v) is 10.00. The lowest BCUT2D eigenvalue weighted by Crippen LogP contribution is -2.29. The molecule has 2 aliphatic rings. The van der Waals surface area contributed by atoms with Gasteiger partial charge in [-0.3, -0.25) is 14.7 Å². The lowest BCUT2D eigenvalue weighted by atomic mass is 10.2. The summed E-state index contributed by atoms with van der Waals surface area (Å²) in [5.74, 6) is -0.0250. The van der Waals surface area contributed by atoms with E-state index >= 15 is 0 Å². The molecule has 1 saturated heterocycles. The molecule has 3 aromatic carbocycles. The van der Waals surface area contributed by atoms with Crippen molar-refractivity contribution in [3.63, 3.8) is 0 Å². The van der Waals surface area contributed by atoms with Crippen LogP contribution in [0.2, 0.25) is 0 Å². The van der Waals surface area contributed by atoms with E-state index in [1.165, 1.54) is 11.8 Å². The van der Waals surface area contributed by atoms with Crippen molar-refractivity contribution >= 4 is 56.9 Å². The average Bonchev–Trinajstić information content (AvgIpc) is 3.36. The van der Waals surface area contributed by atoms with Crippen LogP contribution in [0.4, 0.5) is 11.4 Å². The Morgan fingerprint density at radius 3 is 2.53 bits per heavy atom. The highest BCUT2D eigenvalue weighted by Crippen LogP contribution is 2.50. The molecule has 0 radical (unpaired) electrons. The van der Waals surface area contributed by atoms with Gasteiger partial charge in [-0.25, -0.2) is 4.99 Å². The summed E-state index contributed by atoms with van der Waals surface area (Å²) in [6.45, 7) is 0.460. The number of benzene rings is 3. The Hall–Kier alpha value is -3.55.